The third-order valence-electron chi connectivity index (χ3n) is 21.5. The lowest BCUT2D eigenvalue weighted by molar-refractivity contribution is -0.143. The summed E-state index contributed by atoms with van der Waals surface area (Å²) in [5, 5.41) is 18.6. The summed E-state index contributed by atoms with van der Waals surface area (Å²) in [5.41, 5.74) is 1.69. The molecule has 336 valence electrons. The zero-order chi connectivity index (χ0) is 41.7. The first-order valence-corrected chi connectivity index (χ1v) is 25.4. The van der Waals surface area contributed by atoms with E-state index in [0.717, 1.165) is 60.2 Å². The number of carbonyl (C=O) groups is 2. The molecule has 0 unspecified atom stereocenters. The molecule has 8 aliphatic carbocycles. The fourth-order valence-electron chi connectivity index (χ4n) is 18.4. The fourth-order valence-corrected chi connectivity index (χ4v) is 18.4. The first-order chi connectivity index (χ1) is 28.2. The summed E-state index contributed by atoms with van der Waals surface area (Å²) in [7, 11) is 0. The first kappa shape index (κ1) is 44.4. The van der Waals surface area contributed by atoms with Crippen molar-refractivity contribution >= 4 is 11.9 Å². The normalized spacial score (nSPS) is 47.4. The highest BCUT2D eigenvalue weighted by molar-refractivity contribution is 5.66. The van der Waals surface area contributed by atoms with Crippen molar-refractivity contribution in [3.8, 4) is 0 Å². The Morgan fingerprint density at radius 1 is 0.508 bits per heavy atom. The fraction of sp³-hybridized carbons (Fsp3) is 0.962. The summed E-state index contributed by atoms with van der Waals surface area (Å²) in [4.78, 5) is 22.6. The Morgan fingerprint density at radius 2 is 0.898 bits per heavy atom. The van der Waals surface area contributed by atoms with Crippen LogP contribution in [0.3, 0.4) is 0 Å². The quantitative estimate of drug-likeness (QED) is 0.149. The van der Waals surface area contributed by atoms with Crippen molar-refractivity contribution in [3.63, 3.8) is 0 Å². The molecule has 0 heterocycles. The van der Waals surface area contributed by atoms with Crippen molar-refractivity contribution in [2.24, 2.45) is 92.7 Å². The van der Waals surface area contributed by atoms with Gasteiger partial charge in [-0.15, -0.1) is 0 Å². The summed E-state index contributed by atoms with van der Waals surface area (Å²) in [6, 6.07) is 0. The first-order valence-electron chi connectivity index (χ1n) is 25.4. The van der Waals surface area contributed by atoms with Crippen LogP contribution in [0.1, 0.15) is 183 Å². The molecular formula is C52H86O7. The molecule has 8 rings (SSSR count). The van der Waals surface area contributed by atoms with Crippen LogP contribution in [0.2, 0.25) is 0 Å². The molecule has 59 heavy (non-hydrogen) atoms. The lowest BCUT2D eigenvalue weighted by Gasteiger charge is -2.61. The van der Waals surface area contributed by atoms with E-state index < -0.39 is 11.9 Å². The van der Waals surface area contributed by atoms with Gasteiger partial charge < -0.3 is 24.4 Å². The topological polar surface area (TPSA) is 102 Å². The van der Waals surface area contributed by atoms with E-state index in [-0.39, 0.29) is 0 Å². The molecule has 0 aromatic heterocycles. The van der Waals surface area contributed by atoms with Crippen LogP contribution in [-0.4, -0.2) is 60.8 Å². The third-order valence-corrected chi connectivity index (χ3v) is 21.5. The van der Waals surface area contributed by atoms with Crippen LogP contribution in [0.25, 0.3) is 0 Å². The summed E-state index contributed by atoms with van der Waals surface area (Å²) in [6.45, 7) is 17.9. The lowest BCUT2D eigenvalue weighted by atomic mass is 9.44. The van der Waals surface area contributed by atoms with Gasteiger partial charge in [0, 0.05) is 12.8 Å². The van der Waals surface area contributed by atoms with Crippen molar-refractivity contribution in [3.05, 3.63) is 0 Å². The monoisotopic (exact) mass is 823 g/mol. The number of carboxylic acid groups (broad SMARTS) is 2. The molecule has 2 N–H and O–H groups in total. The van der Waals surface area contributed by atoms with E-state index >= 15 is 0 Å². The Labute approximate surface area is 359 Å². The highest BCUT2D eigenvalue weighted by Crippen LogP contribution is 2.70. The Bertz CT molecular complexity index is 1360. The average Bonchev–Trinajstić information content (AvgIpc) is 3.75. The van der Waals surface area contributed by atoms with Gasteiger partial charge in [-0.2, -0.15) is 0 Å². The molecule has 7 heteroatoms. The van der Waals surface area contributed by atoms with Crippen molar-refractivity contribution in [1.29, 1.82) is 0 Å². The van der Waals surface area contributed by atoms with Gasteiger partial charge in [-0.1, -0.05) is 41.5 Å². The van der Waals surface area contributed by atoms with Gasteiger partial charge in [0.1, 0.15) is 0 Å². The van der Waals surface area contributed by atoms with Crippen molar-refractivity contribution in [2.75, 3.05) is 26.4 Å². The summed E-state index contributed by atoms with van der Waals surface area (Å²) in [6.07, 6.45) is 26.7. The highest BCUT2D eigenvalue weighted by atomic mass is 16.5. The molecule has 0 amide bonds. The molecule has 8 fully saturated rings. The Morgan fingerprint density at radius 3 is 1.31 bits per heavy atom. The van der Waals surface area contributed by atoms with Crippen molar-refractivity contribution in [1.82, 2.24) is 0 Å². The SMILES string of the molecule is C[C@H](CCC(=O)O)[C@H]1CC[C@H]2[C@@H]3CC[C@@H]4C[C@H](OCCOCCO[C@@H]5CC[C@@]6(C)[C@H](CC[C@@H]7[C@@H]6CC[C@]6(C)[C@@H]([C@H](C)CCC(=O)O)CC[C@@H]76)C5)CC[C@]4(C)[C@H]3CC[C@]12C. The van der Waals surface area contributed by atoms with Gasteiger partial charge in [-0.05, 0) is 221 Å². The van der Waals surface area contributed by atoms with E-state index in [2.05, 4.69) is 41.5 Å². The predicted octanol–water partition coefficient (Wildman–Crippen LogP) is 12.1. The van der Waals surface area contributed by atoms with Gasteiger partial charge in [0.25, 0.3) is 0 Å². The number of hydrogen-bond acceptors (Lipinski definition) is 5. The van der Waals surface area contributed by atoms with Crippen molar-refractivity contribution < 1.29 is 34.0 Å². The zero-order valence-corrected chi connectivity index (χ0v) is 38.4. The molecule has 0 aromatic carbocycles. The molecule has 0 bridgehead atoms. The second-order valence-corrected chi connectivity index (χ2v) is 23.7. The molecule has 7 nitrogen and oxygen atoms in total. The molecule has 0 spiro atoms. The average molecular weight is 823 g/mol. The van der Waals surface area contributed by atoms with E-state index in [1.807, 2.05) is 0 Å². The van der Waals surface area contributed by atoms with E-state index in [1.165, 1.54) is 116 Å². The number of rotatable bonds is 16. The number of fused-ring (bicyclic) bond motifs is 10. The second kappa shape index (κ2) is 17.8. The molecule has 0 radical (unpaired) electrons. The van der Waals surface area contributed by atoms with Crippen LogP contribution >= 0.6 is 0 Å². The maximum absolute atomic E-state index is 11.3. The minimum Gasteiger partial charge on any atom is -0.481 e. The molecule has 18 atom stereocenters. The van der Waals surface area contributed by atoms with Crippen LogP contribution in [0.4, 0.5) is 0 Å². The van der Waals surface area contributed by atoms with Gasteiger partial charge in [0.2, 0.25) is 0 Å². The molecule has 0 aliphatic heterocycles. The molecule has 8 saturated carbocycles. The number of carboxylic acids is 2. The van der Waals surface area contributed by atoms with Crippen LogP contribution < -0.4 is 0 Å². The second-order valence-electron chi connectivity index (χ2n) is 23.7. The van der Waals surface area contributed by atoms with E-state index in [9.17, 15) is 19.8 Å². The third kappa shape index (κ3) is 8.37. The van der Waals surface area contributed by atoms with Gasteiger partial charge in [-0.25, -0.2) is 0 Å². The van der Waals surface area contributed by atoms with Gasteiger partial charge >= 0.3 is 11.9 Å². The van der Waals surface area contributed by atoms with E-state index in [0.29, 0.717) is 96.8 Å². The van der Waals surface area contributed by atoms with E-state index in [4.69, 9.17) is 14.2 Å². The maximum atomic E-state index is 11.3. The molecule has 0 aromatic rings. The zero-order valence-electron chi connectivity index (χ0n) is 38.4. The molecule has 0 saturated heterocycles. The smallest absolute Gasteiger partial charge is 0.303 e. The van der Waals surface area contributed by atoms with Gasteiger partial charge in [0.15, 0.2) is 0 Å². The Balaban J connectivity index is 0.724. The minimum absolute atomic E-state index is 0.319. The van der Waals surface area contributed by atoms with Crippen LogP contribution in [0.15, 0.2) is 0 Å². The summed E-state index contributed by atoms with van der Waals surface area (Å²) < 4.78 is 19.2. The highest BCUT2D eigenvalue weighted by Gasteiger charge is 2.62. The Hall–Kier alpha value is -1.18. The summed E-state index contributed by atoms with van der Waals surface area (Å²) in [5.74, 6) is 7.75. The largest absolute Gasteiger partial charge is 0.481 e. The maximum Gasteiger partial charge on any atom is 0.303 e. The minimum atomic E-state index is -0.640. The van der Waals surface area contributed by atoms with Crippen molar-refractivity contribution in [2.45, 2.75) is 195 Å². The summed E-state index contributed by atoms with van der Waals surface area (Å²) >= 11 is 0. The number of ether oxygens (including phenoxy) is 3. The van der Waals surface area contributed by atoms with Crippen LogP contribution in [-0.2, 0) is 23.8 Å². The lowest BCUT2D eigenvalue weighted by Crippen LogP contribution is -2.54. The molecular weight excluding hydrogens is 737 g/mol. The van der Waals surface area contributed by atoms with Crippen LogP contribution in [0.5, 0.6) is 0 Å². The Kier molecular flexibility index (Phi) is 13.4. The number of aliphatic carboxylic acids is 2. The molecule has 8 aliphatic rings. The predicted molar refractivity (Wildman–Crippen MR) is 233 cm³/mol. The standard InChI is InChI=1S/C52H86O7/c1-33(7-17-47(53)54)41-13-15-43-39-11-9-35-31-37(19-23-49(35,3)45(39)21-25-51(41,43)5)58-29-27-57-28-30-59-38-20-24-50(4)36(32-38)10-12-40-44-16-14-42(34(2)8-18-48(55)56)52(44,6)26-22-46(40)50/h33-46H,7-32H2,1-6H3,(H,53,54)(H,55,56)/t33-,34-,35-,36-,37-,38-,39+,40+,41-,42-,43+,44+,45+,46+,49+,50+,51-,52-/m1/s1. The number of hydrogen-bond donors (Lipinski definition) is 2. The van der Waals surface area contributed by atoms with Gasteiger partial charge in [0.05, 0.1) is 38.6 Å². The van der Waals surface area contributed by atoms with Gasteiger partial charge in [-0.3, -0.25) is 9.59 Å². The van der Waals surface area contributed by atoms with E-state index in [1.54, 1.807) is 0 Å². The van der Waals surface area contributed by atoms with Crippen LogP contribution in [0, 0.1) is 92.7 Å².